The number of methoxy groups -OCH3 is 1. The van der Waals surface area contributed by atoms with Gasteiger partial charge in [-0.1, -0.05) is 18.2 Å². The smallest absolute Gasteiger partial charge is 0.327 e. The molecule has 3 N–H and O–H groups in total. The zero-order chi connectivity index (χ0) is 26.7. The zero-order valence-corrected chi connectivity index (χ0v) is 21.6. The molecule has 0 spiro atoms. The molecule has 8 heteroatoms. The minimum absolute atomic E-state index is 0.193. The molecule has 3 aromatic rings. The molecular formula is C29H31FN2O5. The van der Waals surface area contributed by atoms with Crippen molar-refractivity contribution in [3.63, 3.8) is 0 Å². The first kappa shape index (κ1) is 26.2. The second-order valence-corrected chi connectivity index (χ2v) is 9.56. The fourth-order valence-electron chi connectivity index (χ4n) is 4.67. The van der Waals surface area contributed by atoms with Gasteiger partial charge in [-0.25, -0.2) is 4.39 Å². The third kappa shape index (κ3) is 5.76. The number of benzene rings is 3. The predicted molar refractivity (Wildman–Crippen MR) is 141 cm³/mol. The van der Waals surface area contributed by atoms with Crippen molar-refractivity contribution in [2.75, 3.05) is 19.0 Å². The fraction of sp³-hybridized carbons (Fsp3) is 0.276. The summed E-state index contributed by atoms with van der Waals surface area (Å²) < 4.78 is 31.0. The Morgan fingerprint density at radius 3 is 2.54 bits per heavy atom. The highest BCUT2D eigenvalue weighted by Crippen LogP contribution is 2.43. The zero-order valence-electron chi connectivity index (χ0n) is 21.6. The van der Waals surface area contributed by atoms with E-state index in [0.717, 1.165) is 39.1 Å². The van der Waals surface area contributed by atoms with Crippen LogP contribution in [0.2, 0.25) is 0 Å². The van der Waals surface area contributed by atoms with E-state index in [1.807, 2.05) is 25.1 Å². The lowest BCUT2D eigenvalue weighted by Crippen LogP contribution is -2.32. The highest BCUT2D eigenvalue weighted by atomic mass is 19.1. The maximum atomic E-state index is 13.9. The molecule has 0 fully saturated rings. The summed E-state index contributed by atoms with van der Waals surface area (Å²) in [7, 11) is 1.54. The van der Waals surface area contributed by atoms with Crippen molar-refractivity contribution in [1.29, 1.82) is 0 Å². The van der Waals surface area contributed by atoms with Crippen LogP contribution in [0.5, 0.6) is 17.2 Å². The van der Waals surface area contributed by atoms with Crippen molar-refractivity contribution in [3.8, 4) is 28.4 Å². The van der Waals surface area contributed by atoms with Crippen molar-refractivity contribution < 1.29 is 28.6 Å². The molecule has 0 unspecified atom stereocenters. The molecule has 1 heterocycles. The lowest BCUT2D eigenvalue weighted by molar-refractivity contribution is -0.135. The molecule has 0 saturated carbocycles. The average Bonchev–Trinajstić information content (AvgIpc) is 2.83. The largest absolute Gasteiger partial charge is 0.496 e. The minimum atomic E-state index is -0.639. The van der Waals surface area contributed by atoms with Gasteiger partial charge in [-0.2, -0.15) is 5.48 Å². The number of allylic oxidation sites excluding steroid dienone is 1. The Kier molecular flexibility index (Phi) is 7.52. The van der Waals surface area contributed by atoms with E-state index in [0.29, 0.717) is 11.5 Å². The van der Waals surface area contributed by atoms with E-state index in [4.69, 9.17) is 19.4 Å². The number of fused-ring (bicyclic) bond motifs is 1. The maximum absolute atomic E-state index is 13.9. The number of carbonyl (C=O) groups excluding carboxylic acids is 1. The second-order valence-electron chi connectivity index (χ2n) is 9.56. The molecule has 4 rings (SSSR count). The van der Waals surface area contributed by atoms with Crippen LogP contribution in [0.15, 0.2) is 54.6 Å². The third-order valence-electron chi connectivity index (χ3n) is 6.18. The summed E-state index contributed by atoms with van der Waals surface area (Å²) in [6, 6.07) is 13.6. The van der Waals surface area contributed by atoms with Gasteiger partial charge in [-0.05, 0) is 68.7 Å². The van der Waals surface area contributed by atoms with E-state index in [2.05, 4.69) is 32.2 Å². The second kappa shape index (κ2) is 10.6. The summed E-state index contributed by atoms with van der Waals surface area (Å²) in [4.78, 5) is 11.8. The lowest BCUT2D eigenvalue weighted by Gasteiger charge is -2.33. The minimum Gasteiger partial charge on any atom is -0.496 e. The summed E-state index contributed by atoms with van der Waals surface area (Å²) in [6.07, 6.45) is 2.17. The van der Waals surface area contributed by atoms with Crippen molar-refractivity contribution in [2.24, 2.45) is 0 Å². The van der Waals surface area contributed by atoms with Crippen LogP contribution in [0.4, 0.5) is 10.1 Å². The normalized spacial score (nSPS) is 13.8. The van der Waals surface area contributed by atoms with E-state index in [1.165, 1.54) is 12.1 Å². The number of hydrogen-bond acceptors (Lipinski definition) is 7. The molecule has 0 bridgehead atoms. The molecule has 7 nitrogen and oxygen atoms in total. The number of hydrogen-bond donors (Lipinski definition) is 3. The number of ether oxygens (including phenoxy) is 3. The van der Waals surface area contributed by atoms with Crippen LogP contribution in [-0.4, -0.2) is 30.4 Å². The number of esters is 1. The first-order valence-corrected chi connectivity index (χ1v) is 11.9. The van der Waals surface area contributed by atoms with Crippen LogP contribution < -0.4 is 25.0 Å². The van der Waals surface area contributed by atoms with Crippen LogP contribution in [0.1, 0.15) is 37.5 Å². The molecule has 1 aliphatic heterocycles. The summed E-state index contributed by atoms with van der Waals surface area (Å²) in [6.45, 7) is 8.00. The number of nitrogens with one attached hydrogen (secondary N) is 2. The summed E-state index contributed by atoms with van der Waals surface area (Å²) in [5.41, 5.74) is 8.03. The van der Waals surface area contributed by atoms with Crippen LogP contribution in [-0.2, 0) is 11.4 Å². The van der Waals surface area contributed by atoms with Gasteiger partial charge in [-0.15, -0.1) is 0 Å². The van der Waals surface area contributed by atoms with E-state index >= 15 is 0 Å². The maximum Gasteiger partial charge on any atom is 0.327 e. The van der Waals surface area contributed by atoms with Crippen molar-refractivity contribution >= 4 is 17.2 Å². The van der Waals surface area contributed by atoms with Gasteiger partial charge in [0, 0.05) is 34.5 Å². The SMILES string of the molecule is COc1cc(OC(=O)CNO)ccc1-c1ccc2c(c1COc1cc(F)ccc1C)C(C)=CC(C)(C)N2. The summed E-state index contributed by atoms with van der Waals surface area (Å²) in [5.74, 6) is 0.252. The molecule has 194 valence electrons. The van der Waals surface area contributed by atoms with Crippen LogP contribution in [0.3, 0.4) is 0 Å². The molecule has 0 saturated heterocycles. The number of rotatable bonds is 8. The van der Waals surface area contributed by atoms with Crippen LogP contribution in [0.25, 0.3) is 16.7 Å². The van der Waals surface area contributed by atoms with Crippen LogP contribution in [0, 0.1) is 12.7 Å². The first-order valence-electron chi connectivity index (χ1n) is 11.9. The highest BCUT2D eigenvalue weighted by molar-refractivity contribution is 5.88. The Morgan fingerprint density at radius 2 is 1.81 bits per heavy atom. The summed E-state index contributed by atoms with van der Waals surface area (Å²) in [5, 5.41) is 12.3. The topological polar surface area (TPSA) is 89.1 Å². The van der Waals surface area contributed by atoms with E-state index in [9.17, 15) is 9.18 Å². The Morgan fingerprint density at radius 1 is 1.05 bits per heavy atom. The Labute approximate surface area is 215 Å². The highest BCUT2D eigenvalue weighted by Gasteiger charge is 2.27. The molecule has 0 atom stereocenters. The number of carbonyl (C=O) groups is 1. The predicted octanol–water partition coefficient (Wildman–Crippen LogP) is 5.88. The number of anilines is 1. The molecule has 0 aliphatic carbocycles. The Balaban J connectivity index is 1.81. The molecular weight excluding hydrogens is 475 g/mol. The van der Waals surface area contributed by atoms with Gasteiger partial charge in [0.05, 0.1) is 12.6 Å². The standard InChI is InChI=1S/C29H31FN2O5/c1-17-6-7-19(30)12-25(17)36-16-23-21(10-11-24-28(23)18(2)14-29(3,4)32-24)22-9-8-20(13-26(22)35-5)37-27(33)15-31-34/h6-14,31-32,34H,15-16H2,1-5H3. The Bertz CT molecular complexity index is 1370. The van der Waals surface area contributed by atoms with Gasteiger partial charge < -0.3 is 24.7 Å². The average molecular weight is 507 g/mol. The van der Waals surface area contributed by atoms with Crippen molar-refractivity contribution in [2.45, 2.75) is 39.8 Å². The van der Waals surface area contributed by atoms with E-state index in [-0.39, 0.29) is 30.3 Å². The van der Waals surface area contributed by atoms with E-state index in [1.54, 1.807) is 30.8 Å². The quantitative estimate of drug-likeness (QED) is 0.200. The van der Waals surface area contributed by atoms with Gasteiger partial charge >= 0.3 is 5.97 Å². The van der Waals surface area contributed by atoms with Gasteiger partial charge in [0.1, 0.15) is 36.2 Å². The van der Waals surface area contributed by atoms with Crippen molar-refractivity contribution in [3.05, 3.63) is 77.1 Å². The lowest BCUT2D eigenvalue weighted by atomic mass is 9.85. The molecule has 0 radical (unpaired) electrons. The first-order chi connectivity index (χ1) is 17.6. The molecule has 1 aliphatic rings. The number of halogens is 1. The number of aryl methyl sites for hydroxylation is 1. The molecule has 0 aromatic heterocycles. The molecule has 37 heavy (non-hydrogen) atoms. The Hall–Kier alpha value is -3.88. The van der Waals surface area contributed by atoms with Gasteiger partial charge in [0.25, 0.3) is 0 Å². The molecule has 0 amide bonds. The number of hydroxylamine groups is 1. The summed E-state index contributed by atoms with van der Waals surface area (Å²) >= 11 is 0. The van der Waals surface area contributed by atoms with Gasteiger partial charge in [0.2, 0.25) is 0 Å². The van der Waals surface area contributed by atoms with E-state index < -0.39 is 5.97 Å². The van der Waals surface area contributed by atoms with Gasteiger partial charge in [-0.3, -0.25) is 4.79 Å². The van der Waals surface area contributed by atoms with Gasteiger partial charge in [0.15, 0.2) is 0 Å². The monoisotopic (exact) mass is 506 g/mol. The fourth-order valence-corrected chi connectivity index (χ4v) is 4.67. The third-order valence-corrected chi connectivity index (χ3v) is 6.18. The molecule has 3 aromatic carbocycles. The van der Waals surface area contributed by atoms with Crippen LogP contribution >= 0.6 is 0 Å². The van der Waals surface area contributed by atoms with Crippen molar-refractivity contribution in [1.82, 2.24) is 5.48 Å².